The molecule has 3 rings (SSSR count). The van der Waals surface area contributed by atoms with Crippen LogP contribution in [0.3, 0.4) is 0 Å². The monoisotopic (exact) mass is 530 g/mol. The molecule has 1 aromatic carbocycles. The van der Waals surface area contributed by atoms with Gasteiger partial charge in [-0.2, -0.15) is 0 Å². The largest absolute Gasteiger partial charge is 0.508 e. The quantitative estimate of drug-likeness (QED) is 0.327. The number of nitrogens with zero attached hydrogens (tertiary/aromatic N) is 3. The van der Waals surface area contributed by atoms with Gasteiger partial charge in [0.1, 0.15) is 11.5 Å². The maximum absolute atomic E-state index is 11.4. The second-order valence-electron chi connectivity index (χ2n) is 9.91. The van der Waals surface area contributed by atoms with Gasteiger partial charge in [-0.3, -0.25) is 19.5 Å². The number of aromatic hydroxyl groups is 2. The number of phenolic OH excluding ortho intramolecular Hbond substituents is 1. The van der Waals surface area contributed by atoms with Gasteiger partial charge in [0.15, 0.2) is 0 Å². The summed E-state index contributed by atoms with van der Waals surface area (Å²) in [7, 11) is -3.41. The van der Waals surface area contributed by atoms with Crippen molar-refractivity contribution in [3.05, 3.63) is 59.9 Å². The van der Waals surface area contributed by atoms with Crippen LogP contribution in [0.25, 0.3) is 0 Å². The Kier molecular flexibility index (Phi) is 10.8. The van der Waals surface area contributed by atoms with Crippen molar-refractivity contribution in [3.8, 4) is 11.5 Å². The number of piperidine rings is 1. The van der Waals surface area contributed by atoms with Crippen LogP contribution in [-0.4, -0.2) is 71.4 Å². The fourth-order valence-electron chi connectivity index (χ4n) is 5.13. The van der Waals surface area contributed by atoms with E-state index in [4.69, 9.17) is 0 Å². The predicted octanol–water partition coefficient (Wildman–Crippen LogP) is 4.51. The van der Waals surface area contributed by atoms with Crippen molar-refractivity contribution in [2.24, 2.45) is 0 Å². The molecule has 9 heteroatoms. The number of rotatable bonds is 13. The topological polar surface area (TPSA) is 106 Å². The maximum Gasteiger partial charge on any atom is 0.229 e. The Morgan fingerprint density at radius 3 is 2.41 bits per heavy atom. The van der Waals surface area contributed by atoms with Crippen LogP contribution in [0.15, 0.2) is 48.7 Å². The van der Waals surface area contributed by atoms with E-state index in [9.17, 15) is 18.6 Å². The number of benzene rings is 1. The zero-order valence-corrected chi connectivity index (χ0v) is 23.1. The van der Waals surface area contributed by atoms with Crippen molar-refractivity contribution in [3.63, 3.8) is 0 Å². The van der Waals surface area contributed by atoms with Crippen LogP contribution in [0.5, 0.6) is 11.5 Å². The lowest BCUT2D eigenvalue weighted by Crippen LogP contribution is -2.49. The first-order valence-electron chi connectivity index (χ1n) is 13.2. The molecule has 3 N–H and O–H groups in total. The minimum Gasteiger partial charge on any atom is -0.508 e. The number of hydrogen-bond acceptors (Lipinski definition) is 7. The van der Waals surface area contributed by atoms with Gasteiger partial charge >= 0.3 is 0 Å². The smallest absolute Gasteiger partial charge is 0.229 e. The van der Waals surface area contributed by atoms with Crippen LogP contribution in [-0.2, 0) is 23.0 Å². The molecule has 2 heterocycles. The van der Waals surface area contributed by atoms with Crippen LogP contribution < -0.4 is 4.72 Å². The van der Waals surface area contributed by atoms with Gasteiger partial charge in [-0.05, 0) is 62.9 Å². The summed E-state index contributed by atoms with van der Waals surface area (Å²) in [5, 5.41) is 19.7. The van der Waals surface area contributed by atoms with Gasteiger partial charge in [-0.25, -0.2) is 8.42 Å². The van der Waals surface area contributed by atoms with E-state index >= 15 is 0 Å². The highest BCUT2D eigenvalue weighted by atomic mass is 32.2. The lowest BCUT2D eigenvalue weighted by molar-refractivity contribution is 0.0683. The molecule has 1 fully saturated rings. The molecule has 0 radical (unpaired) electrons. The van der Waals surface area contributed by atoms with Crippen LogP contribution in [0, 0.1) is 0 Å². The summed E-state index contributed by atoms with van der Waals surface area (Å²) in [6.45, 7) is 8.62. The molecule has 1 aromatic heterocycles. The Morgan fingerprint density at radius 1 is 1.14 bits per heavy atom. The second kappa shape index (κ2) is 13.8. The molecule has 1 saturated heterocycles. The van der Waals surface area contributed by atoms with E-state index in [1.807, 2.05) is 18.2 Å². The molecule has 0 amide bonds. The van der Waals surface area contributed by atoms with Gasteiger partial charge in [0.05, 0.1) is 23.8 Å². The van der Waals surface area contributed by atoms with Gasteiger partial charge in [0.25, 0.3) is 0 Å². The van der Waals surface area contributed by atoms with E-state index in [-0.39, 0.29) is 11.4 Å². The molecule has 37 heavy (non-hydrogen) atoms. The van der Waals surface area contributed by atoms with E-state index in [1.54, 1.807) is 12.1 Å². The van der Waals surface area contributed by atoms with Gasteiger partial charge in [0, 0.05) is 37.7 Å². The zero-order valence-electron chi connectivity index (χ0n) is 22.3. The average Bonchev–Trinajstić information content (AvgIpc) is 2.85. The number of phenols is 1. The summed E-state index contributed by atoms with van der Waals surface area (Å²) >= 11 is 0. The third-order valence-electron chi connectivity index (χ3n) is 7.06. The molecular weight excluding hydrogens is 488 g/mol. The number of hydrogen-bond donors (Lipinski definition) is 3. The molecule has 0 spiro atoms. The molecule has 0 aliphatic carbocycles. The van der Waals surface area contributed by atoms with Gasteiger partial charge in [-0.15, -0.1) is 0 Å². The zero-order chi connectivity index (χ0) is 26.8. The maximum atomic E-state index is 11.4. The Labute approximate surface area is 222 Å². The normalized spacial score (nSPS) is 15.7. The molecule has 0 bridgehead atoms. The summed E-state index contributed by atoms with van der Waals surface area (Å²) < 4.78 is 25.0. The number of allylic oxidation sites excluding steroid dienone is 1. The minimum absolute atomic E-state index is 0.0176. The van der Waals surface area contributed by atoms with Crippen LogP contribution in [0.4, 0.5) is 5.69 Å². The van der Waals surface area contributed by atoms with Crippen LogP contribution >= 0.6 is 0 Å². The third kappa shape index (κ3) is 9.32. The summed E-state index contributed by atoms with van der Waals surface area (Å²) in [5.41, 5.74) is 2.01. The van der Waals surface area contributed by atoms with Gasteiger partial charge in [0.2, 0.25) is 10.0 Å². The fourth-order valence-corrected chi connectivity index (χ4v) is 5.67. The van der Waals surface area contributed by atoms with Gasteiger partial charge < -0.3 is 10.2 Å². The van der Waals surface area contributed by atoms with Crippen molar-refractivity contribution >= 4 is 15.7 Å². The highest BCUT2D eigenvalue weighted by molar-refractivity contribution is 7.92. The van der Waals surface area contributed by atoms with Crippen molar-refractivity contribution in [2.75, 3.05) is 30.6 Å². The SMILES string of the molecule is CCC(CC)N(CC/C=C/Cc1ncc(NS(C)(=O)=O)cc1O)C1CCN(Cc2ccc(O)cc2)CC1. The lowest BCUT2D eigenvalue weighted by Gasteiger charge is -2.42. The molecule has 8 nitrogen and oxygen atoms in total. The average molecular weight is 531 g/mol. The van der Waals surface area contributed by atoms with E-state index in [0.717, 1.165) is 64.5 Å². The van der Waals surface area contributed by atoms with Crippen molar-refractivity contribution in [1.82, 2.24) is 14.8 Å². The van der Waals surface area contributed by atoms with E-state index in [0.29, 0.717) is 29.9 Å². The number of pyridine rings is 1. The second-order valence-corrected chi connectivity index (χ2v) is 11.7. The highest BCUT2D eigenvalue weighted by Gasteiger charge is 2.27. The summed E-state index contributed by atoms with van der Waals surface area (Å²) in [6.07, 6.45) is 12.7. The molecule has 1 aliphatic rings. The van der Waals surface area contributed by atoms with E-state index in [2.05, 4.69) is 39.4 Å². The third-order valence-corrected chi connectivity index (χ3v) is 7.67. The molecule has 0 atom stereocenters. The Hall–Kier alpha value is -2.62. The van der Waals surface area contributed by atoms with Crippen LogP contribution in [0.1, 0.15) is 57.2 Å². The molecule has 1 aliphatic heterocycles. The van der Waals surface area contributed by atoms with E-state index < -0.39 is 10.0 Å². The number of nitrogens with one attached hydrogen (secondary N) is 1. The first-order chi connectivity index (χ1) is 17.7. The molecular formula is C28H42N4O4S. The first-order valence-corrected chi connectivity index (χ1v) is 15.1. The Bertz CT molecular complexity index is 1110. The number of anilines is 1. The summed E-state index contributed by atoms with van der Waals surface area (Å²) in [4.78, 5) is 9.41. The fraction of sp³-hybridized carbons (Fsp3) is 0.536. The summed E-state index contributed by atoms with van der Waals surface area (Å²) in [6, 6.07) is 10.1. The molecule has 0 saturated carbocycles. The van der Waals surface area contributed by atoms with Gasteiger partial charge in [-0.1, -0.05) is 38.1 Å². The molecule has 2 aromatic rings. The van der Waals surface area contributed by atoms with Crippen molar-refractivity contribution < 1.29 is 18.6 Å². The lowest BCUT2D eigenvalue weighted by atomic mass is 9.98. The first kappa shape index (κ1) is 28.9. The number of aromatic nitrogens is 1. The number of likely N-dealkylation sites (tertiary alicyclic amines) is 1. The highest BCUT2D eigenvalue weighted by Crippen LogP contribution is 2.24. The minimum atomic E-state index is -3.41. The van der Waals surface area contributed by atoms with Crippen molar-refractivity contribution in [1.29, 1.82) is 0 Å². The predicted molar refractivity (Wildman–Crippen MR) is 149 cm³/mol. The summed E-state index contributed by atoms with van der Waals surface area (Å²) in [5.74, 6) is 0.293. The molecule has 204 valence electrons. The Morgan fingerprint density at radius 2 is 1.81 bits per heavy atom. The standard InChI is InChI=1S/C28H42N4O4S/c1-4-24(5-2)32(25-14-17-31(18-15-25)21-22-10-12-26(33)13-11-22)16-8-6-7-9-27-28(34)19-23(20-29-27)30-37(3,35)36/h6-7,10-13,19-20,24-25,30,33-34H,4-5,8-9,14-18,21H2,1-3H3/b7-6+. The van der Waals surface area contributed by atoms with E-state index in [1.165, 1.54) is 17.8 Å². The van der Waals surface area contributed by atoms with Crippen molar-refractivity contribution in [2.45, 2.75) is 71.0 Å². The molecule has 0 unspecified atom stereocenters. The Balaban J connectivity index is 1.50. The number of sulfonamides is 1. The van der Waals surface area contributed by atoms with Crippen LogP contribution in [0.2, 0.25) is 0 Å².